The zero-order valence-corrected chi connectivity index (χ0v) is 19.6. The Kier molecular flexibility index (Phi) is 4.21. The molecule has 0 amide bonds. The highest BCUT2D eigenvalue weighted by Crippen LogP contribution is 2.67. The van der Waals surface area contributed by atoms with Gasteiger partial charge in [-0.15, -0.1) is 0 Å². The largest absolute Gasteiger partial charge is 0.632 e. The van der Waals surface area contributed by atoms with Gasteiger partial charge in [-0.05, 0) is 43.4 Å². The maximum Gasteiger partial charge on any atom is 0.174 e. The van der Waals surface area contributed by atoms with Crippen molar-refractivity contribution in [1.82, 2.24) is 0 Å². The van der Waals surface area contributed by atoms with Crippen molar-refractivity contribution in [2.75, 3.05) is 13.1 Å². The smallest absolute Gasteiger partial charge is 0.174 e. The van der Waals surface area contributed by atoms with E-state index in [4.69, 9.17) is 9.47 Å². The molecule has 34 heavy (non-hydrogen) atoms. The van der Waals surface area contributed by atoms with Gasteiger partial charge in [-0.2, -0.15) is 0 Å². The number of carbonyl (C=O) groups is 1. The van der Waals surface area contributed by atoms with E-state index in [1.54, 1.807) is 6.07 Å². The predicted octanol–water partition coefficient (Wildman–Crippen LogP) is 4.07. The molecule has 0 radical (unpaired) electrons. The van der Waals surface area contributed by atoms with Gasteiger partial charge in [-0.25, -0.2) is 0 Å². The first-order valence-corrected chi connectivity index (χ1v) is 12.7. The Balaban J connectivity index is 1.42. The van der Waals surface area contributed by atoms with E-state index in [1.807, 2.05) is 12.1 Å². The number of hydroxylamine groups is 3. The zero-order valence-electron chi connectivity index (χ0n) is 19.6. The van der Waals surface area contributed by atoms with Crippen LogP contribution < -0.4 is 4.74 Å². The SMILES string of the molecule is Cc1cccc(CO[C@@]23CCC(=O)[C@@H]4Oc5c(O)ccc6c5[C@@]42CC[N+]([O-])(CC2CC2)[C@@H]3C6)c1. The molecule has 5 atom stereocenters. The molecule has 6 heteroatoms. The number of likely N-dealkylation sites (tertiary alicyclic amines) is 1. The molecular weight excluding hydrogens is 430 g/mol. The van der Waals surface area contributed by atoms with Crippen LogP contribution in [0.1, 0.15) is 54.4 Å². The van der Waals surface area contributed by atoms with Crippen LogP contribution in [-0.4, -0.2) is 46.4 Å². The van der Waals surface area contributed by atoms with Gasteiger partial charge in [0.05, 0.1) is 25.1 Å². The van der Waals surface area contributed by atoms with Gasteiger partial charge >= 0.3 is 0 Å². The molecule has 2 heterocycles. The number of Topliss-reactive ketones (excluding diaryl/α,β-unsaturated/α-hetero) is 1. The third kappa shape index (κ3) is 2.59. The minimum Gasteiger partial charge on any atom is -0.632 e. The topological polar surface area (TPSA) is 78.8 Å². The van der Waals surface area contributed by atoms with E-state index in [0.29, 0.717) is 57.0 Å². The summed E-state index contributed by atoms with van der Waals surface area (Å²) in [5, 5.41) is 25.3. The Morgan fingerprint density at radius 3 is 2.88 bits per heavy atom. The van der Waals surface area contributed by atoms with E-state index < -0.39 is 17.1 Å². The summed E-state index contributed by atoms with van der Waals surface area (Å²) in [5.74, 6) is 1.07. The Morgan fingerprint density at radius 1 is 1.24 bits per heavy atom. The number of ether oxygens (including phenoxy) is 2. The summed E-state index contributed by atoms with van der Waals surface area (Å²) in [6.45, 7) is 3.57. The summed E-state index contributed by atoms with van der Waals surface area (Å²) in [4.78, 5) is 13.3. The van der Waals surface area contributed by atoms with Crippen LogP contribution in [0.5, 0.6) is 11.5 Å². The number of rotatable bonds is 5. The minimum absolute atomic E-state index is 0.0603. The molecule has 2 aromatic rings. The third-order valence-corrected chi connectivity index (χ3v) is 9.39. The predicted molar refractivity (Wildman–Crippen MR) is 125 cm³/mol. The molecule has 5 aliphatic rings. The summed E-state index contributed by atoms with van der Waals surface area (Å²) in [7, 11) is 0. The molecule has 3 aliphatic carbocycles. The van der Waals surface area contributed by atoms with Crippen molar-refractivity contribution in [2.24, 2.45) is 5.92 Å². The van der Waals surface area contributed by atoms with E-state index in [-0.39, 0.29) is 22.2 Å². The Bertz CT molecular complexity index is 1210. The number of aryl methyl sites for hydroxylation is 1. The second-order valence-corrected chi connectivity index (χ2v) is 11.3. The van der Waals surface area contributed by atoms with Crippen molar-refractivity contribution in [2.45, 2.75) is 75.2 Å². The second-order valence-electron chi connectivity index (χ2n) is 11.3. The van der Waals surface area contributed by atoms with Crippen molar-refractivity contribution in [1.29, 1.82) is 0 Å². The fourth-order valence-electron chi connectivity index (χ4n) is 7.82. The lowest BCUT2D eigenvalue weighted by Crippen LogP contribution is -2.81. The molecule has 1 saturated heterocycles. The molecule has 1 unspecified atom stereocenters. The molecule has 6 nitrogen and oxygen atoms in total. The number of carbonyl (C=O) groups excluding carboxylic acids is 1. The lowest BCUT2D eigenvalue weighted by Gasteiger charge is -2.68. The van der Waals surface area contributed by atoms with Gasteiger partial charge in [0.15, 0.2) is 23.4 Å². The molecule has 0 aromatic heterocycles. The fourth-order valence-corrected chi connectivity index (χ4v) is 7.82. The molecule has 7 rings (SSSR count). The second kappa shape index (κ2) is 6.84. The Hall–Kier alpha value is -2.41. The highest BCUT2D eigenvalue weighted by molar-refractivity contribution is 5.90. The Labute approximate surface area is 199 Å². The van der Waals surface area contributed by atoms with Crippen LogP contribution in [0.25, 0.3) is 0 Å². The lowest BCUT2D eigenvalue weighted by atomic mass is 9.48. The van der Waals surface area contributed by atoms with Crippen molar-refractivity contribution in [3.63, 3.8) is 0 Å². The standard InChI is InChI=1S/C28H31NO5/c1-17-3-2-4-19(13-17)16-33-28-10-9-22(31)26-27(28)11-12-29(32,15-18-5-6-18)23(28)14-20-7-8-21(30)25(34-26)24(20)27/h2-4,7-8,13,18,23,26,30H,5-6,9-12,14-16H2,1H3/t23-,26+,27+,28-,29?/m1/s1. The molecule has 2 saturated carbocycles. The molecule has 2 aromatic carbocycles. The third-order valence-electron chi connectivity index (χ3n) is 9.39. The van der Waals surface area contributed by atoms with Gasteiger partial charge in [-0.3, -0.25) is 4.79 Å². The van der Waals surface area contributed by atoms with Gasteiger partial charge in [-0.1, -0.05) is 35.9 Å². The van der Waals surface area contributed by atoms with Crippen LogP contribution in [0.15, 0.2) is 36.4 Å². The van der Waals surface area contributed by atoms with Crippen molar-refractivity contribution >= 4 is 5.78 Å². The monoisotopic (exact) mass is 461 g/mol. The van der Waals surface area contributed by atoms with E-state index >= 15 is 0 Å². The maximum absolute atomic E-state index is 14.6. The van der Waals surface area contributed by atoms with E-state index in [2.05, 4.69) is 25.1 Å². The summed E-state index contributed by atoms with van der Waals surface area (Å²) in [6, 6.07) is 11.6. The molecule has 1 spiro atoms. The van der Waals surface area contributed by atoms with Gasteiger partial charge in [0.1, 0.15) is 11.6 Å². The van der Waals surface area contributed by atoms with Crippen molar-refractivity contribution < 1.29 is 24.0 Å². The van der Waals surface area contributed by atoms with Gasteiger partial charge in [0.25, 0.3) is 0 Å². The van der Waals surface area contributed by atoms with E-state index in [0.717, 1.165) is 29.5 Å². The van der Waals surface area contributed by atoms with Crippen LogP contribution in [0.2, 0.25) is 0 Å². The number of piperidine rings is 1. The van der Waals surface area contributed by atoms with Gasteiger partial charge in [0.2, 0.25) is 0 Å². The zero-order chi connectivity index (χ0) is 23.3. The highest BCUT2D eigenvalue weighted by atomic mass is 16.6. The normalized spacial score (nSPS) is 37.3. The lowest BCUT2D eigenvalue weighted by molar-refractivity contribution is -0.924. The molecular formula is C28H31NO5. The Morgan fingerprint density at radius 2 is 2.09 bits per heavy atom. The van der Waals surface area contributed by atoms with Crippen LogP contribution in [0.4, 0.5) is 0 Å². The number of hydrogen-bond acceptors (Lipinski definition) is 5. The van der Waals surface area contributed by atoms with E-state index in [9.17, 15) is 15.1 Å². The molecule has 3 fully saturated rings. The number of ketones is 1. The summed E-state index contributed by atoms with van der Waals surface area (Å²) >= 11 is 0. The number of benzene rings is 2. The minimum atomic E-state index is -0.795. The first-order valence-electron chi connectivity index (χ1n) is 12.7. The van der Waals surface area contributed by atoms with Crippen LogP contribution in [-0.2, 0) is 28.0 Å². The number of aromatic hydroxyl groups is 1. The number of phenols is 1. The number of phenolic OH excluding ortho intramolecular Hbond substituents is 1. The summed E-state index contributed by atoms with van der Waals surface area (Å²) < 4.78 is 13.0. The summed E-state index contributed by atoms with van der Waals surface area (Å²) in [6.07, 6.45) is 3.59. The van der Waals surface area contributed by atoms with Crippen LogP contribution in [0.3, 0.4) is 0 Å². The maximum atomic E-state index is 14.6. The average molecular weight is 462 g/mol. The number of nitrogens with zero attached hydrogens (tertiary/aromatic N) is 1. The van der Waals surface area contributed by atoms with Crippen LogP contribution >= 0.6 is 0 Å². The highest BCUT2D eigenvalue weighted by Gasteiger charge is 2.77. The first-order chi connectivity index (χ1) is 16.4. The molecule has 2 aliphatic heterocycles. The molecule has 1 N–H and O–H groups in total. The molecule has 178 valence electrons. The average Bonchev–Trinajstić information content (AvgIpc) is 3.54. The van der Waals surface area contributed by atoms with Gasteiger partial charge in [0, 0.05) is 30.7 Å². The van der Waals surface area contributed by atoms with Crippen LogP contribution in [0, 0.1) is 18.0 Å². The fraction of sp³-hybridized carbons (Fsp3) is 0.536. The summed E-state index contributed by atoms with van der Waals surface area (Å²) in [5.41, 5.74) is 2.71. The van der Waals surface area contributed by atoms with Crippen molar-refractivity contribution in [3.8, 4) is 11.5 Å². The quantitative estimate of drug-likeness (QED) is 0.536. The number of quaternary nitrogens is 1. The first kappa shape index (κ1) is 20.9. The van der Waals surface area contributed by atoms with Crippen molar-refractivity contribution in [3.05, 3.63) is 63.9 Å². The van der Waals surface area contributed by atoms with Gasteiger partial charge < -0.3 is 24.4 Å². The van der Waals surface area contributed by atoms with E-state index in [1.165, 1.54) is 5.56 Å². The molecule has 2 bridgehead atoms. The number of hydrogen-bond donors (Lipinski definition) is 1.